The van der Waals surface area contributed by atoms with Crippen molar-refractivity contribution >= 4 is 23.2 Å². The lowest BCUT2D eigenvalue weighted by Gasteiger charge is -2.38. The molecule has 0 bridgehead atoms. The molecule has 2 atom stereocenters. The Hall–Kier alpha value is -2.32. The summed E-state index contributed by atoms with van der Waals surface area (Å²) in [6, 6.07) is 3.94. The standard InChI is InChI=1S/C18H23N3O5/c1-12-5-6-14(10-15(12)21(25)26)20-17(23)11-16(18(20)24)19-8-3-2-4-13(19)7-9-22/h5-6,10,13,16,22H,2-4,7-9,11H2,1H3/t13-,16+/m1/s1. The normalized spacial score (nSPS) is 24.3. The highest BCUT2D eigenvalue weighted by molar-refractivity contribution is 6.22. The molecule has 0 aliphatic carbocycles. The van der Waals surface area contributed by atoms with Gasteiger partial charge in [0.1, 0.15) is 0 Å². The van der Waals surface area contributed by atoms with Gasteiger partial charge in [0.2, 0.25) is 5.91 Å². The van der Waals surface area contributed by atoms with Crippen LogP contribution in [0.2, 0.25) is 0 Å². The molecule has 8 nitrogen and oxygen atoms in total. The molecule has 0 radical (unpaired) electrons. The highest BCUT2D eigenvalue weighted by Gasteiger charge is 2.45. The van der Waals surface area contributed by atoms with Crippen LogP contribution < -0.4 is 4.90 Å². The lowest BCUT2D eigenvalue weighted by Crippen LogP contribution is -2.50. The fourth-order valence-corrected chi connectivity index (χ4v) is 3.97. The van der Waals surface area contributed by atoms with Crippen molar-refractivity contribution in [1.29, 1.82) is 0 Å². The third kappa shape index (κ3) is 3.34. The third-order valence-corrected chi connectivity index (χ3v) is 5.31. The van der Waals surface area contributed by atoms with Crippen LogP contribution in [0.5, 0.6) is 0 Å². The number of aliphatic hydroxyl groups is 1. The Morgan fingerprint density at radius 3 is 2.77 bits per heavy atom. The van der Waals surface area contributed by atoms with Crippen LogP contribution in [0.3, 0.4) is 0 Å². The Bertz CT molecular complexity index is 734. The molecular weight excluding hydrogens is 338 g/mol. The number of benzene rings is 1. The molecule has 1 N–H and O–H groups in total. The van der Waals surface area contributed by atoms with E-state index >= 15 is 0 Å². The second kappa shape index (κ2) is 7.51. The quantitative estimate of drug-likeness (QED) is 0.487. The molecule has 2 saturated heterocycles. The molecule has 3 rings (SSSR count). The number of imide groups is 1. The van der Waals surface area contributed by atoms with Crippen LogP contribution in [0.15, 0.2) is 18.2 Å². The Morgan fingerprint density at radius 2 is 2.08 bits per heavy atom. The maximum atomic E-state index is 13.0. The fraction of sp³-hybridized carbons (Fsp3) is 0.556. The van der Waals surface area contributed by atoms with E-state index in [9.17, 15) is 24.8 Å². The Labute approximate surface area is 151 Å². The van der Waals surface area contributed by atoms with Crippen molar-refractivity contribution in [2.24, 2.45) is 0 Å². The first-order chi connectivity index (χ1) is 12.4. The van der Waals surface area contributed by atoms with Crippen molar-refractivity contribution in [3.05, 3.63) is 33.9 Å². The first-order valence-corrected chi connectivity index (χ1v) is 8.92. The number of nitro groups is 1. The minimum absolute atomic E-state index is 0.0455. The van der Waals surface area contributed by atoms with E-state index in [2.05, 4.69) is 0 Å². The van der Waals surface area contributed by atoms with E-state index in [1.807, 2.05) is 4.90 Å². The molecule has 2 fully saturated rings. The lowest BCUT2D eigenvalue weighted by molar-refractivity contribution is -0.385. The lowest BCUT2D eigenvalue weighted by atomic mass is 9.97. The Kier molecular flexibility index (Phi) is 5.33. The molecule has 0 saturated carbocycles. The van der Waals surface area contributed by atoms with Crippen LogP contribution in [-0.4, -0.2) is 52.0 Å². The average molecular weight is 361 g/mol. The van der Waals surface area contributed by atoms with E-state index in [0.29, 0.717) is 12.0 Å². The monoisotopic (exact) mass is 361 g/mol. The number of hydrogen-bond acceptors (Lipinski definition) is 6. The van der Waals surface area contributed by atoms with Gasteiger partial charge in [0.15, 0.2) is 0 Å². The second-order valence-electron chi connectivity index (χ2n) is 6.91. The van der Waals surface area contributed by atoms with Gasteiger partial charge in [-0.1, -0.05) is 12.5 Å². The zero-order valence-electron chi connectivity index (χ0n) is 14.8. The third-order valence-electron chi connectivity index (χ3n) is 5.31. The van der Waals surface area contributed by atoms with Crippen molar-refractivity contribution < 1.29 is 19.6 Å². The van der Waals surface area contributed by atoms with Crippen LogP contribution in [0, 0.1) is 17.0 Å². The number of anilines is 1. The van der Waals surface area contributed by atoms with E-state index < -0.39 is 11.0 Å². The molecule has 1 aromatic carbocycles. The zero-order chi connectivity index (χ0) is 18.8. The summed E-state index contributed by atoms with van der Waals surface area (Å²) in [7, 11) is 0. The number of hydrogen-bond donors (Lipinski definition) is 1. The minimum Gasteiger partial charge on any atom is -0.396 e. The maximum absolute atomic E-state index is 13.0. The number of carbonyl (C=O) groups excluding carboxylic acids is 2. The molecule has 0 aromatic heterocycles. The van der Waals surface area contributed by atoms with Crippen molar-refractivity contribution in [2.75, 3.05) is 18.1 Å². The highest BCUT2D eigenvalue weighted by Crippen LogP contribution is 2.32. The predicted molar refractivity (Wildman–Crippen MR) is 94.8 cm³/mol. The summed E-state index contributed by atoms with van der Waals surface area (Å²) in [5.74, 6) is -0.676. The number of nitro benzene ring substituents is 1. The number of amides is 2. The number of carbonyl (C=O) groups is 2. The van der Waals surface area contributed by atoms with Crippen LogP contribution in [-0.2, 0) is 9.59 Å². The molecule has 2 heterocycles. The molecule has 2 aliphatic rings. The molecule has 0 spiro atoms. The van der Waals surface area contributed by atoms with Crippen LogP contribution >= 0.6 is 0 Å². The summed E-state index contributed by atoms with van der Waals surface area (Å²) in [6.45, 7) is 2.38. The first-order valence-electron chi connectivity index (χ1n) is 8.92. The van der Waals surface area contributed by atoms with E-state index in [-0.39, 0.29) is 42.3 Å². The van der Waals surface area contributed by atoms with Crippen molar-refractivity contribution in [3.8, 4) is 0 Å². The largest absolute Gasteiger partial charge is 0.396 e. The minimum atomic E-state index is -0.556. The molecular formula is C18H23N3O5. The SMILES string of the molecule is Cc1ccc(N2C(=O)C[C@H](N3CCCC[C@@H]3CCO)C2=O)cc1[N+](=O)[O-]. The summed E-state index contributed by atoms with van der Waals surface area (Å²) >= 11 is 0. The summed E-state index contributed by atoms with van der Waals surface area (Å²) in [5, 5.41) is 20.4. The summed E-state index contributed by atoms with van der Waals surface area (Å²) in [4.78, 5) is 39.2. The number of nitrogens with zero attached hydrogens (tertiary/aromatic N) is 3. The van der Waals surface area contributed by atoms with E-state index in [1.165, 1.54) is 6.07 Å². The van der Waals surface area contributed by atoms with Crippen molar-refractivity contribution in [1.82, 2.24) is 4.90 Å². The predicted octanol–water partition coefficient (Wildman–Crippen LogP) is 1.77. The van der Waals surface area contributed by atoms with Gasteiger partial charge in [-0.3, -0.25) is 24.6 Å². The molecule has 0 unspecified atom stereocenters. The van der Waals surface area contributed by atoms with E-state index in [0.717, 1.165) is 30.7 Å². The molecule has 140 valence electrons. The van der Waals surface area contributed by atoms with Gasteiger partial charge in [-0.2, -0.15) is 0 Å². The maximum Gasteiger partial charge on any atom is 0.274 e. The van der Waals surface area contributed by atoms with Crippen molar-refractivity contribution in [3.63, 3.8) is 0 Å². The summed E-state index contributed by atoms with van der Waals surface area (Å²) in [5.41, 5.74) is 0.617. The molecule has 2 aliphatic heterocycles. The van der Waals surface area contributed by atoms with Gasteiger partial charge in [0.25, 0.3) is 11.6 Å². The number of likely N-dealkylation sites (tertiary alicyclic amines) is 1. The van der Waals surface area contributed by atoms with Gasteiger partial charge >= 0.3 is 0 Å². The number of aliphatic hydroxyl groups excluding tert-OH is 1. The van der Waals surface area contributed by atoms with Gasteiger partial charge in [-0.15, -0.1) is 0 Å². The van der Waals surface area contributed by atoms with Gasteiger partial charge in [-0.05, 0) is 38.8 Å². The van der Waals surface area contributed by atoms with E-state index in [4.69, 9.17) is 0 Å². The summed E-state index contributed by atoms with van der Waals surface area (Å²) < 4.78 is 0. The molecule has 8 heteroatoms. The Morgan fingerprint density at radius 1 is 1.31 bits per heavy atom. The van der Waals surface area contributed by atoms with E-state index in [1.54, 1.807) is 19.1 Å². The number of piperidine rings is 1. The summed E-state index contributed by atoms with van der Waals surface area (Å²) in [6.07, 6.45) is 3.55. The fourth-order valence-electron chi connectivity index (χ4n) is 3.97. The van der Waals surface area contributed by atoms with Crippen LogP contribution in [0.1, 0.15) is 37.7 Å². The highest BCUT2D eigenvalue weighted by atomic mass is 16.6. The average Bonchev–Trinajstić information content (AvgIpc) is 2.90. The number of aryl methyl sites for hydroxylation is 1. The molecule has 26 heavy (non-hydrogen) atoms. The van der Waals surface area contributed by atoms with Gasteiger partial charge in [-0.25, -0.2) is 4.90 Å². The van der Waals surface area contributed by atoms with Gasteiger partial charge < -0.3 is 5.11 Å². The number of rotatable bonds is 5. The first kappa shape index (κ1) is 18.5. The van der Waals surface area contributed by atoms with Gasteiger partial charge in [0.05, 0.1) is 23.1 Å². The van der Waals surface area contributed by atoms with Crippen LogP contribution in [0.25, 0.3) is 0 Å². The topological polar surface area (TPSA) is 104 Å². The Balaban J connectivity index is 1.87. The van der Waals surface area contributed by atoms with Crippen LogP contribution in [0.4, 0.5) is 11.4 Å². The smallest absolute Gasteiger partial charge is 0.274 e. The second-order valence-corrected chi connectivity index (χ2v) is 6.91. The molecule has 2 amide bonds. The van der Waals surface area contributed by atoms with Crippen molar-refractivity contribution in [2.45, 2.75) is 51.1 Å². The molecule has 1 aromatic rings. The van der Waals surface area contributed by atoms with Gasteiger partial charge in [0, 0.05) is 24.3 Å². The zero-order valence-corrected chi connectivity index (χ0v) is 14.8.